The van der Waals surface area contributed by atoms with Gasteiger partial charge in [0.15, 0.2) is 0 Å². The highest BCUT2D eigenvalue weighted by Crippen LogP contribution is 2.26. The van der Waals surface area contributed by atoms with E-state index >= 15 is 0 Å². The number of nitrogens with one attached hydrogen (secondary N) is 1. The molecule has 1 aliphatic carbocycles. The van der Waals surface area contributed by atoms with Crippen molar-refractivity contribution in [3.05, 3.63) is 53.9 Å². The molecular formula is C28H37N5O. The predicted molar refractivity (Wildman–Crippen MR) is 139 cm³/mol. The number of nitrogens with zero attached hydrogens (tertiary/aromatic N) is 4. The molecule has 180 valence electrons. The second-order valence-corrected chi connectivity index (χ2v) is 10.0. The number of aryl methyl sites for hydroxylation is 2. The Morgan fingerprint density at radius 1 is 1.00 bits per heavy atom. The van der Waals surface area contributed by atoms with Crippen LogP contribution in [-0.4, -0.2) is 53.1 Å². The molecule has 1 N–H and O–H groups in total. The van der Waals surface area contributed by atoms with Gasteiger partial charge in [0, 0.05) is 63.5 Å². The van der Waals surface area contributed by atoms with Crippen molar-refractivity contribution >= 4 is 28.3 Å². The van der Waals surface area contributed by atoms with E-state index in [1.165, 1.54) is 30.5 Å². The van der Waals surface area contributed by atoms with E-state index in [9.17, 15) is 4.79 Å². The number of hydrogen-bond donors (Lipinski definition) is 1. The van der Waals surface area contributed by atoms with Crippen LogP contribution in [0.2, 0.25) is 0 Å². The Morgan fingerprint density at radius 3 is 2.47 bits per heavy atom. The third kappa shape index (κ3) is 5.12. The summed E-state index contributed by atoms with van der Waals surface area (Å²) < 4.78 is 2.20. The molecule has 2 aromatic carbocycles. The van der Waals surface area contributed by atoms with Crippen LogP contribution in [0, 0.1) is 12.8 Å². The van der Waals surface area contributed by atoms with Gasteiger partial charge in [-0.05, 0) is 50.1 Å². The van der Waals surface area contributed by atoms with Crippen LogP contribution in [0.15, 0.2) is 42.5 Å². The predicted octanol–water partition coefficient (Wildman–Crippen LogP) is 4.77. The molecule has 0 radical (unpaired) electrons. The maximum Gasteiger partial charge on any atom is 0.227 e. The van der Waals surface area contributed by atoms with Crippen LogP contribution in [0.1, 0.15) is 43.5 Å². The fourth-order valence-corrected chi connectivity index (χ4v) is 5.40. The van der Waals surface area contributed by atoms with E-state index in [0.29, 0.717) is 0 Å². The van der Waals surface area contributed by atoms with Gasteiger partial charge in [0.25, 0.3) is 0 Å². The summed E-state index contributed by atoms with van der Waals surface area (Å²) in [5, 5.41) is 3.14. The van der Waals surface area contributed by atoms with Gasteiger partial charge in [-0.3, -0.25) is 9.69 Å². The largest absolute Gasteiger partial charge is 0.369 e. The topological polar surface area (TPSA) is 53.4 Å². The molecule has 1 aromatic heterocycles. The Labute approximate surface area is 203 Å². The number of piperazine rings is 1. The van der Waals surface area contributed by atoms with Gasteiger partial charge in [0.2, 0.25) is 5.91 Å². The molecule has 0 bridgehead atoms. The average Bonchev–Trinajstić information content (AvgIpc) is 3.18. The van der Waals surface area contributed by atoms with Crippen LogP contribution in [0.4, 0.5) is 11.4 Å². The first-order valence-corrected chi connectivity index (χ1v) is 12.9. The standard InChI is InChI=1S/C28H37N5O/c1-21-8-11-24(12-9-21)33-18-16-32(17-19-33)15-14-27-30-25-20-23(10-13-26(25)31(27)2)29-28(34)22-6-4-3-5-7-22/h8-13,20,22H,3-7,14-19H2,1-2H3,(H,29,34). The van der Waals surface area contributed by atoms with Crippen molar-refractivity contribution in [2.24, 2.45) is 13.0 Å². The monoisotopic (exact) mass is 459 g/mol. The average molecular weight is 460 g/mol. The number of rotatable bonds is 6. The van der Waals surface area contributed by atoms with Crippen molar-refractivity contribution in [1.82, 2.24) is 14.5 Å². The van der Waals surface area contributed by atoms with Gasteiger partial charge in [0.1, 0.15) is 5.82 Å². The highest BCUT2D eigenvalue weighted by molar-refractivity contribution is 5.94. The lowest BCUT2D eigenvalue weighted by molar-refractivity contribution is -0.120. The maximum atomic E-state index is 12.6. The zero-order valence-corrected chi connectivity index (χ0v) is 20.6. The van der Waals surface area contributed by atoms with Crippen LogP contribution in [0.3, 0.4) is 0 Å². The molecule has 6 heteroatoms. The Morgan fingerprint density at radius 2 is 1.74 bits per heavy atom. The van der Waals surface area contributed by atoms with E-state index in [2.05, 4.69) is 64.0 Å². The van der Waals surface area contributed by atoms with Crippen molar-refractivity contribution < 1.29 is 4.79 Å². The number of benzene rings is 2. The smallest absolute Gasteiger partial charge is 0.227 e. The number of carbonyl (C=O) groups is 1. The van der Waals surface area contributed by atoms with Gasteiger partial charge in [-0.2, -0.15) is 0 Å². The number of hydrogen-bond acceptors (Lipinski definition) is 4. The molecule has 1 saturated carbocycles. The second kappa shape index (κ2) is 10.2. The van der Waals surface area contributed by atoms with E-state index in [4.69, 9.17) is 4.98 Å². The number of anilines is 2. The maximum absolute atomic E-state index is 12.6. The molecule has 6 nitrogen and oxygen atoms in total. The number of imidazole rings is 1. The van der Waals surface area contributed by atoms with Gasteiger partial charge in [0.05, 0.1) is 11.0 Å². The summed E-state index contributed by atoms with van der Waals surface area (Å²) >= 11 is 0. The van der Waals surface area contributed by atoms with Crippen LogP contribution in [0.5, 0.6) is 0 Å². The fraction of sp³-hybridized carbons (Fsp3) is 0.500. The van der Waals surface area contributed by atoms with Crippen LogP contribution < -0.4 is 10.2 Å². The zero-order chi connectivity index (χ0) is 23.5. The summed E-state index contributed by atoms with van der Waals surface area (Å²) in [7, 11) is 2.10. The molecule has 2 fully saturated rings. The molecule has 3 aromatic rings. The summed E-state index contributed by atoms with van der Waals surface area (Å²) in [5.74, 6) is 1.43. The number of aromatic nitrogens is 2. The molecule has 2 heterocycles. The lowest BCUT2D eigenvalue weighted by Crippen LogP contribution is -2.47. The minimum absolute atomic E-state index is 0.162. The van der Waals surface area contributed by atoms with Gasteiger partial charge in [-0.1, -0.05) is 37.0 Å². The molecule has 2 aliphatic rings. The Hall–Kier alpha value is -2.86. The Balaban J connectivity index is 1.17. The molecule has 34 heavy (non-hydrogen) atoms. The molecule has 0 spiro atoms. The van der Waals surface area contributed by atoms with Gasteiger partial charge in [-0.15, -0.1) is 0 Å². The van der Waals surface area contributed by atoms with Crippen LogP contribution in [-0.2, 0) is 18.3 Å². The minimum atomic E-state index is 0.162. The summed E-state index contributed by atoms with van der Waals surface area (Å²) in [6.07, 6.45) is 6.56. The molecule has 1 saturated heterocycles. The van der Waals surface area contributed by atoms with E-state index in [-0.39, 0.29) is 11.8 Å². The third-order valence-electron chi connectivity index (χ3n) is 7.64. The first kappa shape index (κ1) is 22.9. The lowest BCUT2D eigenvalue weighted by Gasteiger charge is -2.36. The highest BCUT2D eigenvalue weighted by atomic mass is 16.1. The van der Waals surface area contributed by atoms with Crippen molar-refractivity contribution in [2.45, 2.75) is 45.4 Å². The van der Waals surface area contributed by atoms with Crippen molar-refractivity contribution in [1.29, 1.82) is 0 Å². The quantitative estimate of drug-likeness (QED) is 0.577. The van der Waals surface area contributed by atoms with Gasteiger partial charge in [-0.25, -0.2) is 4.98 Å². The molecule has 0 unspecified atom stereocenters. The highest BCUT2D eigenvalue weighted by Gasteiger charge is 2.22. The van der Waals surface area contributed by atoms with Gasteiger partial charge < -0.3 is 14.8 Å². The summed E-state index contributed by atoms with van der Waals surface area (Å²) in [4.78, 5) is 22.6. The van der Waals surface area contributed by atoms with Crippen molar-refractivity contribution in [3.63, 3.8) is 0 Å². The van der Waals surface area contributed by atoms with Crippen LogP contribution in [0.25, 0.3) is 11.0 Å². The van der Waals surface area contributed by atoms with E-state index in [1.54, 1.807) is 0 Å². The van der Waals surface area contributed by atoms with Crippen molar-refractivity contribution in [3.8, 4) is 0 Å². The number of fused-ring (bicyclic) bond motifs is 1. The first-order valence-electron chi connectivity index (χ1n) is 12.9. The summed E-state index contributed by atoms with van der Waals surface area (Å²) in [5.41, 5.74) is 5.58. The number of carbonyl (C=O) groups excluding carboxylic acids is 1. The lowest BCUT2D eigenvalue weighted by atomic mass is 9.88. The number of amides is 1. The van der Waals surface area contributed by atoms with Crippen molar-refractivity contribution in [2.75, 3.05) is 42.9 Å². The van der Waals surface area contributed by atoms with Crippen LogP contribution >= 0.6 is 0 Å². The molecule has 0 atom stereocenters. The Bertz CT molecular complexity index is 1120. The normalized spacial score (nSPS) is 17.9. The third-order valence-corrected chi connectivity index (χ3v) is 7.64. The minimum Gasteiger partial charge on any atom is -0.369 e. The van der Waals surface area contributed by atoms with E-state index in [0.717, 1.165) is 74.5 Å². The first-order chi connectivity index (χ1) is 16.6. The zero-order valence-electron chi connectivity index (χ0n) is 20.6. The Kier molecular flexibility index (Phi) is 6.86. The summed E-state index contributed by atoms with van der Waals surface area (Å²) in [6, 6.07) is 15.0. The fourth-order valence-electron chi connectivity index (χ4n) is 5.40. The molecule has 1 amide bonds. The van der Waals surface area contributed by atoms with Gasteiger partial charge >= 0.3 is 0 Å². The second-order valence-electron chi connectivity index (χ2n) is 10.0. The summed E-state index contributed by atoms with van der Waals surface area (Å²) in [6.45, 7) is 7.44. The van der Waals surface area contributed by atoms with E-state index in [1.807, 2.05) is 12.1 Å². The molecular weight excluding hydrogens is 422 g/mol. The molecule has 1 aliphatic heterocycles. The van der Waals surface area contributed by atoms with E-state index < -0.39 is 0 Å². The SMILES string of the molecule is Cc1ccc(N2CCN(CCc3nc4cc(NC(=O)C5CCCCC5)ccc4n3C)CC2)cc1. The molecule has 5 rings (SSSR count).